The third kappa shape index (κ3) is 3.92. The maximum Gasteiger partial charge on any atom is 0.330 e. The molecule has 1 rings (SSSR count). The van der Waals surface area contributed by atoms with Crippen molar-refractivity contribution in [1.29, 1.82) is 0 Å². The molecule has 0 saturated carbocycles. The highest BCUT2D eigenvalue weighted by atomic mass is 32.2. The molecular weight excluding hydrogens is 302 g/mol. The highest BCUT2D eigenvalue weighted by molar-refractivity contribution is 8.24. The van der Waals surface area contributed by atoms with Crippen molar-refractivity contribution >= 4 is 34.3 Å². The van der Waals surface area contributed by atoms with Gasteiger partial charge < -0.3 is 10.4 Å². The van der Waals surface area contributed by atoms with Crippen LogP contribution in [0, 0.1) is 0 Å². The Morgan fingerprint density at radius 2 is 1.57 bits per heavy atom. The quantitative estimate of drug-likeness (QED) is 0.566. The maximum atomic E-state index is 12.2. The van der Waals surface area contributed by atoms with Gasteiger partial charge in [-0.1, -0.05) is 83.3 Å². The molecule has 0 amide bonds. The van der Waals surface area contributed by atoms with E-state index in [0.29, 0.717) is 10.7 Å². The molecule has 1 fully saturated rings. The van der Waals surface area contributed by atoms with Gasteiger partial charge in [-0.25, -0.2) is 4.79 Å². The van der Waals surface area contributed by atoms with Crippen LogP contribution in [0.25, 0.3) is 0 Å². The summed E-state index contributed by atoms with van der Waals surface area (Å²) in [6.45, 7) is 6.43. The van der Waals surface area contributed by atoms with E-state index in [0.717, 1.165) is 51.4 Å². The van der Waals surface area contributed by atoms with E-state index < -0.39 is 11.5 Å². The Labute approximate surface area is 138 Å². The Hall–Kier alpha value is -0.290. The molecule has 1 saturated heterocycles. The second-order valence-corrected chi connectivity index (χ2v) is 8.09. The van der Waals surface area contributed by atoms with Gasteiger partial charge in [-0.05, 0) is 19.3 Å². The van der Waals surface area contributed by atoms with Crippen LogP contribution in [0.5, 0.6) is 0 Å². The van der Waals surface area contributed by atoms with E-state index in [4.69, 9.17) is 12.2 Å². The highest BCUT2D eigenvalue weighted by Gasteiger charge is 2.61. The summed E-state index contributed by atoms with van der Waals surface area (Å²) in [7, 11) is 0. The van der Waals surface area contributed by atoms with Crippen molar-refractivity contribution < 1.29 is 9.90 Å². The summed E-state index contributed by atoms with van der Waals surface area (Å²) < 4.78 is 0.387. The largest absolute Gasteiger partial charge is 0.479 e. The van der Waals surface area contributed by atoms with Gasteiger partial charge in [-0.2, -0.15) is 0 Å². The highest BCUT2D eigenvalue weighted by Crippen LogP contribution is 2.52. The second-order valence-electron chi connectivity index (χ2n) is 6.03. The Balaban J connectivity index is 3.17. The number of thiocarbonyl (C=S) groups is 1. The normalized spacial score (nSPS) is 24.0. The van der Waals surface area contributed by atoms with Crippen molar-refractivity contribution in [3.05, 3.63) is 0 Å². The molecule has 0 aromatic rings. The van der Waals surface area contributed by atoms with Crippen LogP contribution in [-0.4, -0.2) is 25.7 Å². The summed E-state index contributed by atoms with van der Waals surface area (Å²) in [6, 6.07) is 0. The monoisotopic (exact) mass is 331 g/mol. The number of hydrogen-bond acceptors (Lipinski definition) is 3. The third-order valence-electron chi connectivity index (χ3n) is 4.52. The van der Waals surface area contributed by atoms with Crippen LogP contribution in [0.3, 0.4) is 0 Å². The lowest BCUT2D eigenvalue weighted by Gasteiger charge is -2.42. The number of carboxylic acid groups (broad SMARTS) is 1. The van der Waals surface area contributed by atoms with Gasteiger partial charge in [0, 0.05) is 0 Å². The molecule has 1 aliphatic rings. The number of carbonyl (C=O) groups is 1. The van der Waals surface area contributed by atoms with Crippen LogP contribution in [0.1, 0.15) is 78.6 Å². The first kappa shape index (κ1) is 18.8. The summed E-state index contributed by atoms with van der Waals surface area (Å²) in [6.07, 6.45) is 8.74. The molecule has 0 aromatic carbocycles. The fourth-order valence-electron chi connectivity index (χ4n) is 3.24. The van der Waals surface area contributed by atoms with Gasteiger partial charge in [-0.15, -0.1) is 0 Å². The maximum absolute atomic E-state index is 12.2. The molecule has 122 valence electrons. The third-order valence-corrected chi connectivity index (χ3v) is 6.31. The van der Waals surface area contributed by atoms with Crippen LogP contribution in [0.4, 0.5) is 0 Å². The molecule has 1 heterocycles. The zero-order valence-electron chi connectivity index (χ0n) is 13.5. The minimum Gasteiger partial charge on any atom is -0.479 e. The second kappa shape index (κ2) is 8.37. The van der Waals surface area contributed by atoms with E-state index in [1.54, 1.807) is 11.8 Å². The van der Waals surface area contributed by atoms with Crippen LogP contribution in [-0.2, 0) is 4.79 Å². The van der Waals surface area contributed by atoms with Crippen molar-refractivity contribution in [2.75, 3.05) is 0 Å². The lowest BCUT2D eigenvalue weighted by molar-refractivity contribution is -0.146. The zero-order chi connectivity index (χ0) is 15.9. The topological polar surface area (TPSA) is 49.3 Å². The predicted molar refractivity (Wildman–Crippen MR) is 95.0 cm³/mol. The zero-order valence-corrected chi connectivity index (χ0v) is 15.2. The van der Waals surface area contributed by atoms with Gasteiger partial charge in [0.25, 0.3) is 0 Å². The first-order valence-electron chi connectivity index (χ1n) is 8.22. The molecule has 1 aliphatic heterocycles. The van der Waals surface area contributed by atoms with E-state index in [1.165, 1.54) is 0 Å². The van der Waals surface area contributed by atoms with Gasteiger partial charge in [0.05, 0.1) is 4.75 Å². The molecule has 2 N–H and O–H groups in total. The van der Waals surface area contributed by atoms with Crippen LogP contribution < -0.4 is 5.32 Å². The van der Waals surface area contributed by atoms with Crippen molar-refractivity contribution in [1.82, 2.24) is 5.32 Å². The Morgan fingerprint density at radius 3 is 2.00 bits per heavy atom. The van der Waals surface area contributed by atoms with E-state index in [-0.39, 0.29) is 4.75 Å². The van der Waals surface area contributed by atoms with Crippen molar-refractivity contribution in [2.24, 2.45) is 0 Å². The van der Waals surface area contributed by atoms with Gasteiger partial charge in [0.15, 0.2) is 5.54 Å². The van der Waals surface area contributed by atoms with Crippen molar-refractivity contribution in [3.8, 4) is 0 Å². The number of thioether (sulfide) groups is 1. The Morgan fingerprint density at radius 1 is 1.10 bits per heavy atom. The average molecular weight is 332 g/mol. The molecule has 5 heteroatoms. The summed E-state index contributed by atoms with van der Waals surface area (Å²) >= 11 is 6.99. The minimum absolute atomic E-state index is 0.281. The Kier molecular flexibility index (Phi) is 7.48. The molecule has 0 spiro atoms. The average Bonchev–Trinajstić information content (AvgIpc) is 2.74. The fraction of sp³-hybridized carbons (Fsp3) is 0.875. The number of aliphatic carboxylic acids is 1. The number of unbranched alkanes of at least 4 members (excludes halogenated alkanes) is 3. The number of hydrogen-bond donors (Lipinski definition) is 2. The molecule has 1 unspecified atom stereocenters. The molecule has 1 atom stereocenters. The van der Waals surface area contributed by atoms with Crippen LogP contribution in [0.15, 0.2) is 0 Å². The van der Waals surface area contributed by atoms with E-state index in [9.17, 15) is 9.90 Å². The minimum atomic E-state index is -0.880. The van der Waals surface area contributed by atoms with Gasteiger partial charge in [0.1, 0.15) is 4.32 Å². The SMILES string of the molecule is CCCCC1(CCCC)SC(=S)NC1(CCCC)C(=O)O. The molecule has 0 bridgehead atoms. The molecule has 3 nitrogen and oxygen atoms in total. The molecular formula is C16H29NO2S2. The van der Waals surface area contributed by atoms with E-state index >= 15 is 0 Å². The van der Waals surface area contributed by atoms with Crippen LogP contribution >= 0.6 is 24.0 Å². The van der Waals surface area contributed by atoms with Gasteiger partial charge >= 0.3 is 5.97 Å². The van der Waals surface area contributed by atoms with E-state index in [2.05, 4.69) is 26.1 Å². The summed E-state index contributed by atoms with van der Waals surface area (Å²) in [5, 5.41) is 13.2. The summed E-state index contributed by atoms with van der Waals surface area (Å²) in [5.41, 5.74) is -0.880. The first-order chi connectivity index (χ1) is 9.98. The summed E-state index contributed by atoms with van der Waals surface area (Å²) in [4.78, 5) is 12.2. The number of nitrogens with one attached hydrogen (secondary N) is 1. The molecule has 0 aliphatic carbocycles. The fourth-order valence-corrected chi connectivity index (χ4v) is 5.38. The summed E-state index contributed by atoms with van der Waals surface area (Å²) in [5.74, 6) is -0.726. The smallest absolute Gasteiger partial charge is 0.330 e. The lowest BCUT2D eigenvalue weighted by atomic mass is 9.73. The standard InChI is InChI=1S/C16H29NO2S2/c1-4-7-10-15(11-8-5-2)16(13(18)19,12-9-6-3)17-14(20)21-15/h4-12H2,1-3H3,(H,17,20)(H,18,19). The number of carboxylic acids is 1. The lowest BCUT2D eigenvalue weighted by Crippen LogP contribution is -2.61. The molecule has 0 radical (unpaired) electrons. The molecule has 0 aromatic heterocycles. The van der Waals surface area contributed by atoms with Gasteiger partial charge in [0.2, 0.25) is 0 Å². The number of rotatable bonds is 10. The Bertz CT molecular complexity index is 365. The van der Waals surface area contributed by atoms with E-state index in [1.807, 2.05) is 0 Å². The van der Waals surface area contributed by atoms with Crippen molar-refractivity contribution in [3.63, 3.8) is 0 Å². The predicted octanol–water partition coefficient (Wildman–Crippen LogP) is 4.74. The van der Waals surface area contributed by atoms with Crippen molar-refractivity contribution in [2.45, 2.75) is 88.8 Å². The first-order valence-corrected chi connectivity index (χ1v) is 9.45. The molecule has 21 heavy (non-hydrogen) atoms. The van der Waals surface area contributed by atoms with Gasteiger partial charge in [-0.3, -0.25) is 0 Å². The van der Waals surface area contributed by atoms with Crippen LogP contribution in [0.2, 0.25) is 0 Å².